The number of hydrogen-bond acceptors (Lipinski definition) is 3. The summed E-state index contributed by atoms with van der Waals surface area (Å²) in [5, 5.41) is 17.4. The number of hydrogen-bond donors (Lipinski definition) is 2. The lowest BCUT2D eigenvalue weighted by Gasteiger charge is -2.04. The average molecular weight is 246 g/mol. The third kappa shape index (κ3) is 3.58. The van der Waals surface area contributed by atoms with Gasteiger partial charge in [0.15, 0.2) is 0 Å². The van der Waals surface area contributed by atoms with Crippen LogP contribution in [0, 0.1) is 0 Å². The normalized spacial score (nSPS) is 11.0. The monoisotopic (exact) mass is 246 g/mol. The van der Waals surface area contributed by atoms with Gasteiger partial charge in [-0.2, -0.15) is 0 Å². The van der Waals surface area contributed by atoms with Crippen molar-refractivity contribution in [1.82, 2.24) is 9.55 Å². The van der Waals surface area contributed by atoms with Crippen LogP contribution >= 0.6 is 0 Å². The van der Waals surface area contributed by atoms with E-state index in [-0.39, 0.29) is 0 Å². The van der Waals surface area contributed by atoms with Crippen LogP contribution < -0.4 is 0 Å². The summed E-state index contributed by atoms with van der Waals surface area (Å²) in [5.41, 5.74) is 2.23. The molecule has 0 spiro atoms. The topological polar surface area (TPSA) is 58.3 Å². The van der Waals surface area contributed by atoms with Crippen LogP contribution in [0.15, 0.2) is 30.6 Å². The van der Waals surface area contributed by atoms with Gasteiger partial charge in [-0.1, -0.05) is 31.4 Å². The van der Waals surface area contributed by atoms with Crippen LogP contribution in [0.5, 0.6) is 0 Å². The van der Waals surface area contributed by atoms with Gasteiger partial charge in [0.2, 0.25) is 0 Å². The van der Waals surface area contributed by atoms with Gasteiger partial charge in [-0.25, -0.2) is 4.98 Å². The molecule has 0 bridgehead atoms. The largest absolute Gasteiger partial charge is 0.451 e. The van der Waals surface area contributed by atoms with Crippen molar-refractivity contribution in [2.45, 2.75) is 38.5 Å². The Morgan fingerprint density at radius 2 is 1.83 bits per heavy atom. The van der Waals surface area contributed by atoms with E-state index in [4.69, 9.17) is 10.0 Å². The number of benzene rings is 1. The first kappa shape index (κ1) is 13.1. The van der Waals surface area contributed by atoms with Crippen molar-refractivity contribution in [3.63, 3.8) is 0 Å². The van der Waals surface area contributed by atoms with E-state index in [2.05, 4.69) is 15.6 Å². The Bertz CT molecular complexity index is 485. The third-order valence-corrected chi connectivity index (χ3v) is 3.14. The fraction of sp³-hybridized carbons (Fsp3) is 0.462. The van der Waals surface area contributed by atoms with E-state index >= 15 is 0 Å². The molecule has 18 heavy (non-hydrogen) atoms. The van der Waals surface area contributed by atoms with Crippen LogP contribution in [0.1, 0.15) is 25.7 Å². The molecule has 0 saturated carbocycles. The second-order valence-corrected chi connectivity index (χ2v) is 4.61. The first-order valence-electron chi connectivity index (χ1n) is 6.53. The van der Waals surface area contributed by atoms with E-state index in [0.29, 0.717) is 6.32 Å². The molecule has 2 N–H and O–H groups in total. The lowest BCUT2D eigenvalue weighted by Crippen LogP contribution is -2.09. The summed E-state index contributed by atoms with van der Waals surface area (Å²) in [6, 6.07) is 8.14. The summed E-state index contributed by atoms with van der Waals surface area (Å²) in [6.45, 7) is 0.974. The quantitative estimate of drug-likeness (QED) is 0.580. The molecule has 4 nitrogen and oxygen atoms in total. The number of para-hydroxylation sites is 2. The Kier molecular flexibility index (Phi) is 4.78. The Balaban J connectivity index is 1.74. The Morgan fingerprint density at radius 3 is 2.67 bits per heavy atom. The molecule has 1 aromatic heterocycles. The number of rotatable bonds is 7. The highest BCUT2D eigenvalue weighted by Gasteiger charge is 2.05. The van der Waals surface area contributed by atoms with Crippen molar-refractivity contribution >= 4 is 18.2 Å². The summed E-state index contributed by atoms with van der Waals surface area (Å²) in [5.74, 6) is 0. The summed E-state index contributed by atoms with van der Waals surface area (Å²) in [6.07, 6.45) is 6.50. The zero-order chi connectivity index (χ0) is 12.8. The standard InChI is InChI=1S/C13H19BN2O2/c17-14(18)9-5-1-2-6-10-16-11-15-12-7-3-4-8-13(12)16/h3-4,7-8,11,17-18H,1-2,5-6,9-10H2. The Labute approximate surface area is 107 Å². The highest BCUT2D eigenvalue weighted by molar-refractivity contribution is 6.40. The first-order chi connectivity index (χ1) is 8.77. The summed E-state index contributed by atoms with van der Waals surface area (Å²) >= 11 is 0. The number of fused-ring (bicyclic) bond motifs is 1. The first-order valence-corrected chi connectivity index (χ1v) is 6.53. The average Bonchev–Trinajstić information content (AvgIpc) is 2.77. The minimum atomic E-state index is -1.15. The van der Waals surface area contributed by atoms with Crippen LogP contribution in [0.2, 0.25) is 6.32 Å². The smallest absolute Gasteiger partial charge is 0.427 e. The van der Waals surface area contributed by atoms with Crippen LogP contribution in [0.3, 0.4) is 0 Å². The van der Waals surface area contributed by atoms with Crippen molar-refractivity contribution in [1.29, 1.82) is 0 Å². The van der Waals surface area contributed by atoms with Crippen molar-refractivity contribution in [3.8, 4) is 0 Å². The lowest BCUT2D eigenvalue weighted by molar-refractivity contribution is 0.401. The lowest BCUT2D eigenvalue weighted by atomic mass is 9.83. The number of imidazole rings is 1. The van der Waals surface area contributed by atoms with Gasteiger partial charge in [-0.15, -0.1) is 0 Å². The summed E-state index contributed by atoms with van der Waals surface area (Å²) < 4.78 is 2.18. The molecular weight excluding hydrogens is 227 g/mol. The summed E-state index contributed by atoms with van der Waals surface area (Å²) in [7, 11) is -1.15. The molecule has 0 aliphatic rings. The van der Waals surface area contributed by atoms with Gasteiger partial charge in [0.25, 0.3) is 0 Å². The zero-order valence-corrected chi connectivity index (χ0v) is 10.5. The number of aryl methyl sites for hydroxylation is 1. The van der Waals surface area contributed by atoms with E-state index < -0.39 is 7.12 Å². The zero-order valence-electron chi connectivity index (χ0n) is 10.5. The number of aromatic nitrogens is 2. The van der Waals surface area contributed by atoms with E-state index in [9.17, 15) is 0 Å². The maximum absolute atomic E-state index is 8.72. The summed E-state index contributed by atoms with van der Waals surface area (Å²) in [4.78, 5) is 4.35. The molecule has 5 heteroatoms. The molecule has 2 aromatic rings. The van der Waals surface area contributed by atoms with Gasteiger partial charge in [0.05, 0.1) is 17.4 Å². The van der Waals surface area contributed by atoms with Crippen molar-refractivity contribution < 1.29 is 10.0 Å². The fourth-order valence-electron chi connectivity index (χ4n) is 2.15. The molecule has 0 unspecified atom stereocenters. The molecule has 0 saturated heterocycles. The molecule has 1 aromatic carbocycles. The maximum Gasteiger partial charge on any atom is 0.451 e. The van der Waals surface area contributed by atoms with Crippen LogP contribution in [0.4, 0.5) is 0 Å². The van der Waals surface area contributed by atoms with Gasteiger partial charge < -0.3 is 14.6 Å². The van der Waals surface area contributed by atoms with Crippen molar-refractivity contribution in [2.75, 3.05) is 0 Å². The van der Waals surface area contributed by atoms with E-state index in [0.717, 1.165) is 37.7 Å². The highest BCUT2D eigenvalue weighted by Crippen LogP contribution is 2.13. The molecule has 2 rings (SSSR count). The highest BCUT2D eigenvalue weighted by atomic mass is 16.4. The molecule has 0 radical (unpaired) electrons. The minimum absolute atomic E-state index is 0.480. The van der Waals surface area contributed by atoms with Crippen LogP contribution in [0.25, 0.3) is 11.0 Å². The van der Waals surface area contributed by atoms with Crippen molar-refractivity contribution in [2.24, 2.45) is 0 Å². The van der Waals surface area contributed by atoms with Gasteiger partial charge >= 0.3 is 7.12 Å². The Morgan fingerprint density at radius 1 is 1.06 bits per heavy atom. The Hall–Kier alpha value is -1.33. The van der Waals surface area contributed by atoms with E-state index in [1.54, 1.807) is 0 Å². The van der Waals surface area contributed by atoms with Gasteiger partial charge in [-0.3, -0.25) is 0 Å². The second-order valence-electron chi connectivity index (χ2n) is 4.61. The number of unbranched alkanes of at least 4 members (excludes halogenated alkanes) is 3. The fourth-order valence-corrected chi connectivity index (χ4v) is 2.15. The third-order valence-electron chi connectivity index (χ3n) is 3.14. The van der Waals surface area contributed by atoms with Crippen molar-refractivity contribution in [3.05, 3.63) is 30.6 Å². The van der Waals surface area contributed by atoms with E-state index in [1.807, 2.05) is 24.5 Å². The van der Waals surface area contributed by atoms with Gasteiger partial charge in [-0.05, 0) is 24.9 Å². The molecule has 0 amide bonds. The predicted octanol–water partition coefficient (Wildman–Crippen LogP) is 2.07. The minimum Gasteiger partial charge on any atom is -0.427 e. The second kappa shape index (κ2) is 6.57. The maximum atomic E-state index is 8.72. The molecule has 0 aliphatic heterocycles. The van der Waals surface area contributed by atoms with Crippen LogP contribution in [-0.4, -0.2) is 26.7 Å². The predicted molar refractivity (Wildman–Crippen MR) is 73.2 cm³/mol. The van der Waals surface area contributed by atoms with Gasteiger partial charge in [0.1, 0.15) is 0 Å². The number of nitrogens with zero attached hydrogens (tertiary/aromatic N) is 2. The van der Waals surface area contributed by atoms with Gasteiger partial charge in [0, 0.05) is 6.54 Å². The molecule has 1 heterocycles. The SMILES string of the molecule is OB(O)CCCCCCn1cnc2ccccc21. The molecule has 96 valence electrons. The van der Waals surface area contributed by atoms with Crippen LogP contribution in [-0.2, 0) is 6.54 Å². The van der Waals surface area contributed by atoms with E-state index in [1.165, 1.54) is 5.52 Å². The molecule has 0 atom stereocenters. The molecular formula is C13H19BN2O2. The molecule has 0 aliphatic carbocycles. The molecule has 0 fully saturated rings.